The lowest BCUT2D eigenvalue weighted by atomic mass is 10.4. The molecule has 0 saturated carbocycles. The van der Waals surface area contributed by atoms with Crippen LogP contribution in [0.5, 0.6) is 0 Å². The first-order valence-corrected chi connectivity index (χ1v) is 4.94. The highest BCUT2D eigenvalue weighted by Gasteiger charge is 1.94. The van der Waals surface area contributed by atoms with Crippen molar-refractivity contribution in [2.45, 2.75) is 20.3 Å². The third kappa shape index (κ3) is 4.18. The highest BCUT2D eigenvalue weighted by Crippen LogP contribution is 1.98. The highest BCUT2D eigenvalue weighted by atomic mass is 16.5. The maximum atomic E-state index is 5.21. The van der Waals surface area contributed by atoms with Crippen LogP contribution in [0.1, 0.15) is 19.0 Å². The predicted octanol–water partition coefficient (Wildman–Crippen LogP) is 1.62. The molecule has 4 nitrogen and oxygen atoms in total. The van der Waals surface area contributed by atoms with E-state index < -0.39 is 0 Å². The van der Waals surface area contributed by atoms with Gasteiger partial charge < -0.3 is 10.1 Å². The minimum Gasteiger partial charge on any atom is -0.382 e. The number of rotatable bonds is 6. The molecule has 0 saturated heterocycles. The van der Waals surface area contributed by atoms with E-state index >= 15 is 0 Å². The fourth-order valence-electron chi connectivity index (χ4n) is 1.05. The van der Waals surface area contributed by atoms with E-state index in [-0.39, 0.29) is 0 Å². The van der Waals surface area contributed by atoms with Crippen LogP contribution in [-0.2, 0) is 4.74 Å². The molecule has 0 unspecified atom stereocenters. The van der Waals surface area contributed by atoms with Gasteiger partial charge in [-0.3, -0.25) is 0 Å². The summed E-state index contributed by atoms with van der Waals surface area (Å²) < 4.78 is 5.21. The first-order valence-electron chi connectivity index (χ1n) is 4.94. The van der Waals surface area contributed by atoms with Gasteiger partial charge in [-0.2, -0.15) is 0 Å². The van der Waals surface area contributed by atoms with Crippen LogP contribution in [0.25, 0.3) is 0 Å². The second-order valence-corrected chi connectivity index (χ2v) is 3.00. The van der Waals surface area contributed by atoms with Crippen LogP contribution >= 0.6 is 0 Å². The summed E-state index contributed by atoms with van der Waals surface area (Å²) in [6, 6.07) is 1.88. The van der Waals surface area contributed by atoms with E-state index in [1.807, 2.05) is 19.9 Å². The molecule has 1 rings (SSSR count). The van der Waals surface area contributed by atoms with Crippen molar-refractivity contribution in [3.05, 3.63) is 18.0 Å². The van der Waals surface area contributed by atoms with Crippen LogP contribution in [0, 0.1) is 6.92 Å². The average Bonchev–Trinajstić information content (AvgIpc) is 2.18. The Bertz CT molecular complexity index is 265. The average molecular weight is 195 g/mol. The fourth-order valence-corrected chi connectivity index (χ4v) is 1.05. The Morgan fingerprint density at radius 3 is 3.07 bits per heavy atom. The summed E-state index contributed by atoms with van der Waals surface area (Å²) in [5.41, 5.74) is 0.979. The second-order valence-electron chi connectivity index (χ2n) is 3.00. The predicted molar refractivity (Wildman–Crippen MR) is 56.4 cm³/mol. The summed E-state index contributed by atoms with van der Waals surface area (Å²) in [6.07, 6.45) is 2.73. The van der Waals surface area contributed by atoms with Gasteiger partial charge in [0.1, 0.15) is 0 Å². The number of nitrogens with one attached hydrogen (secondary N) is 1. The molecule has 1 heterocycles. The van der Waals surface area contributed by atoms with Crippen molar-refractivity contribution < 1.29 is 4.74 Å². The van der Waals surface area contributed by atoms with Crippen molar-refractivity contribution in [2.75, 3.05) is 25.1 Å². The van der Waals surface area contributed by atoms with Crippen molar-refractivity contribution in [1.82, 2.24) is 9.97 Å². The van der Waals surface area contributed by atoms with Gasteiger partial charge in [0, 0.05) is 31.6 Å². The molecule has 0 spiro atoms. The maximum absolute atomic E-state index is 5.21. The quantitative estimate of drug-likeness (QED) is 0.701. The molecule has 0 aromatic carbocycles. The van der Waals surface area contributed by atoms with E-state index in [2.05, 4.69) is 15.3 Å². The molecule has 1 N–H and O–H groups in total. The SMILES string of the molecule is CCOCCCNc1nccc(C)n1. The monoisotopic (exact) mass is 195 g/mol. The summed E-state index contributed by atoms with van der Waals surface area (Å²) >= 11 is 0. The van der Waals surface area contributed by atoms with Crippen molar-refractivity contribution in [3.8, 4) is 0 Å². The summed E-state index contributed by atoms with van der Waals surface area (Å²) in [4.78, 5) is 8.32. The molecule has 0 aliphatic carbocycles. The Labute approximate surface area is 84.7 Å². The van der Waals surface area contributed by atoms with Crippen LogP contribution in [-0.4, -0.2) is 29.7 Å². The van der Waals surface area contributed by atoms with Crippen LogP contribution in [0.4, 0.5) is 5.95 Å². The van der Waals surface area contributed by atoms with Crippen LogP contribution < -0.4 is 5.32 Å². The Morgan fingerprint density at radius 1 is 1.50 bits per heavy atom. The molecule has 14 heavy (non-hydrogen) atoms. The van der Waals surface area contributed by atoms with Crippen LogP contribution in [0.3, 0.4) is 0 Å². The zero-order valence-electron chi connectivity index (χ0n) is 8.79. The van der Waals surface area contributed by atoms with Gasteiger partial charge in [-0.15, -0.1) is 0 Å². The Hall–Kier alpha value is -1.16. The van der Waals surface area contributed by atoms with Gasteiger partial charge in [0.05, 0.1) is 0 Å². The van der Waals surface area contributed by atoms with Gasteiger partial charge >= 0.3 is 0 Å². The fraction of sp³-hybridized carbons (Fsp3) is 0.600. The lowest BCUT2D eigenvalue weighted by molar-refractivity contribution is 0.147. The van der Waals surface area contributed by atoms with Crippen molar-refractivity contribution in [2.24, 2.45) is 0 Å². The molecule has 1 aromatic heterocycles. The van der Waals surface area contributed by atoms with E-state index in [1.165, 1.54) is 0 Å². The number of nitrogens with zero attached hydrogens (tertiary/aromatic N) is 2. The smallest absolute Gasteiger partial charge is 0.222 e. The van der Waals surface area contributed by atoms with E-state index in [9.17, 15) is 0 Å². The minimum absolute atomic E-state index is 0.696. The summed E-state index contributed by atoms with van der Waals surface area (Å²) in [5, 5.41) is 3.14. The summed E-state index contributed by atoms with van der Waals surface area (Å²) in [6.45, 7) is 6.36. The van der Waals surface area contributed by atoms with E-state index in [1.54, 1.807) is 6.20 Å². The molecule has 0 fully saturated rings. The first kappa shape index (κ1) is 10.9. The minimum atomic E-state index is 0.696. The van der Waals surface area contributed by atoms with Crippen molar-refractivity contribution in [1.29, 1.82) is 0 Å². The molecule has 4 heteroatoms. The molecule has 0 bridgehead atoms. The third-order valence-electron chi connectivity index (χ3n) is 1.75. The molecule has 0 radical (unpaired) electrons. The Kier molecular flexibility index (Phi) is 4.93. The van der Waals surface area contributed by atoms with E-state index in [4.69, 9.17) is 4.74 Å². The molecule has 0 aliphatic rings. The normalized spacial score (nSPS) is 10.1. The second kappa shape index (κ2) is 6.32. The molecule has 0 aliphatic heterocycles. The van der Waals surface area contributed by atoms with Crippen LogP contribution in [0.15, 0.2) is 12.3 Å². The number of hydrogen-bond acceptors (Lipinski definition) is 4. The van der Waals surface area contributed by atoms with Gasteiger partial charge in [-0.05, 0) is 26.3 Å². The molecular weight excluding hydrogens is 178 g/mol. The molecule has 0 amide bonds. The molecule has 78 valence electrons. The summed E-state index contributed by atoms with van der Waals surface area (Å²) in [5.74, 6) is 0.696. The van der Waals surface area contributed by atoms with Gasteiger partial charge in [0.25, 0.3) is 0 Å². The van der Waals surface area contributed by atoms with Gasteiger partial charge in [0.15, 0.2) is 0 Å². The zero-order valence-corrected chi connectivity index (χ0v) is 8.79. The topological polar surface area (TPSA) is 47.0 Å². The summed E-state index contributed by atoms with van der Waals surface area (Å²) in [7, 11) is 0. The van der Waals surface area contributed by atoms with Crippen LogP contribution in [0.2, 0.25) is 0 Å². The third-order valence-corrected chi connectivity index (χ3v) is 1.75. The van der Waals surface area contributed by atoms with E-state index in [0.717, 1.165) is 31.9 Å². The lowest BCUT2D eigenvalue weighted by Crippen LogP contribution is -2.08. The molecular formula is C10H17N3O. The van der Waals surface area contributed by atoms with Gasteiger partial charge in [-0.25, -0.2) is 9.97 Å². The highest BCUT2D eigenvalue weighted by molar-refractivity contribution is 5.24. The first-order chi connectivity index (χ1) is 6.83. The number of aryl methyl sites for hydroxylation is 1. The number of aromatic nitrogens is 2. The van der Waals surface area contributed by atoms with Crippen molar-refractivity contribution >= 4 is 5.95 Å². The van der Waals surface area contributed by atoms with Crippen molar-refractivity contribution in [3.63, 3.8) is 0 Å². The number of anilines is 1. The maximum Gasteiger partial charge on any atom is 0.222 e. The number of ether oxygens (including phenoxy) is 1. The lowest BCUT2D eigenvalue weighted by Gasteiger charge is -2.04. The van der Waals surface area contributed by atoms with E-state index in [0.29, 0.717) is 5.95 Å². The Morgan fingerprint density at radius 2 is 2.36 bits per heavy atom. The molecule has 0 atom stereocenters. The largest absolute Gasteiger partial charge is 0.382 e. The Balaban J connectivity index is 2.18. The standard InChI is InChI=1S/C10H17N3O/c1-3-14-8-4-6-11-10-12-7-5-9(2)13-10/h5,7H,3-4,6,8H2,1-2H3,(H,11,12,13). The number of hydrogen-bond donors (Lipinski definition) is 1. The van der Waals surface area contributed by atoms with Gasteiger partial charge in [0.2, 0.25) is 5.95 Å². The molecule has 1 aromatic rings. The van der Waals surface area contributed by atoms with Gasteiger partial charge in [-0.1, -0.05) is 0 Å². The zero-order chi connectivity index (χ0) is 10.2.